The van der Waals surface area contributed by atoms with E-state index in [-0.39, 0.29) is 42.3 Å². The Bertz CT molecular complexity index is 321. The number of hydrogen-bond donors (Lipinski definition) is 1. The average Bonchev–Trinajstić information content (AvgIpc) is 2.56. The summed E-state index contributed by atoms with van der Waals surface area (Å²) >= 11 is 1.38. The zero-order chi connectivity index (χ0) is 12.8. The molecule has 0 spiro atoms. The van der Waals surface area contributed by atoms with E-state index in [1.54, 1.807) is 0 Å². The monoisotopic (exact) mass is 260 g/mol. The predicted molar refractivity (Wildman–Crippen MR) is 63.0 cm³/mol. The molecule has 6 nitrogen and oxygen atoms in total. The molecule has 0 bridgehead atoms. The minimum absolute atomic E-state index is 0.130. The van der Waals surface area contributed by atoms with E-state index in [0.717, 1.165) is 0 Å². The first-order chi connectivity index (χ1) is 8.10. The summed E-state index contributed by atoms with van der Waals surface area (Å²) in [6.07, 6.45) is 2.79. The van der Waals surface area contributed by atoms with Crippen LogP contribution in [0.3, 0.4) is 0 Å². The number of ketones is 1. The summed E-state index contributed by atoms with van der Waals surface area (Å²) in [4.78, 5) is 39.8. The molecular weight excluding hydrogens is 244 g/mol. The molecule has 1 aliphatic heterocycles. The number of nitrogens with zero attached hydrogens (tertiary/aromatic N) is 1. The maximum Gasteiger partial charge on any atom is 0.242 e. The molecule has 2 N–H and O–H groups in total. The summed E-state index contributed by atoms with van der Waals surface area (Å²) in [6.45, 7) is 0.167. The minimum Gasteiger partial charge on any atom is -0.297 e. The van der Waals surface area contributed by atoms with Gasteiger partial charge in [0, 0.05) is 19.4 Å². The molecule has 1 atom stereocenters. The molecular formula is C10H16N2O4S. The number of carbonyl (C=O) groups is 3. The van der Waals surface area contributed by atoms with Crippen molar-refractivity contribution in [1.29, 1.82) is 0 Å². The number of nitrogens with two attached hydrogens (primary N) is 1. The van der Waals surface area contributed by atoms with Gasteiger partial charge in [0.15, 0.2) is 5.78 Å². The topological polar surface area (TPSA) is 89.7 Å². The van der Waals surface area contributed by atoms with E-state index in [1.165, 1.54) is 16.7 Å². The van der Waals surface area contributed by atoms with Gasteiger partial charge in [0.25, 0.3) is 0 Å². The Balaban J connectivity index is 2.34. The largest absolute Gasteiger partial charge is 0.297 e. The van der Waals surface area contributed by atoms with Crippen molar-refractivity contribution in [3.05, 3.63) is 0 Å². The van der Waals surface area contributed by atoms with Gasteiger partial charge in [-0.3, -0.25) is 24.1 Å². The lowest BCUT2D eigenvalue weighted by Gasteiger charge is -2.13. The van der Waals surface area contributed by atoms with Crippen molar-refractivity contribution in [2.75, 3.05) is 19.4 Å². The van der Waals surface area contributed by atoms with Crippen molar-refractivity contribution in [2.24, 2.45) is 5.90 Å². The Hall–Kier alpha value is -0.920. The highest BCUT2D eigenvalue weighted by atomic mass is 32.2. The third kappa shape index (κ3) is 3.79. The van der Waals surface area contributed by atoms with E-state index < -0.39 is 0 Å². The fourth-order valence-electron chi connectivity index (χ4n) is 1.67. The second-order valence-electron chi connectivity index (χ2n) is 3.77. The summed E-state index contributed by atoms with van der Waals surface area (Å²) in [5.41, 5.74) is 0. The molecule has 0 aromatic rings. The fraction of sp³-hybridized carbons (Fsp3) is 0.700. The predicted octanol–water partition coefficient (Wildman–Crippen LogP) is -0.283. The van der Waals surface area contributed by atoms with Crippen LogP contribution in [-0.2, 0) is 19.2 Å². The molecule has 7 heteroatoms. The molecule has 0 aromatic carbocycles. The third-order valence-electron chi connectivity index (χ3n) is 2.57. The molecule has 1 aliphatic rings. The smallest absolute Gasteiger partial charge is 0.242 e. The summed E-state index contributed by atoms with van der Waals surface area (Å²) in [5.74, 6) is 4.33. The van der Waals surface area contributed by atoms with Gasteiger partial charge >= 0.3 is 0 Å². The molecule has 0 aliphatic carbocycles. The number of thioether (sulfide) groups is 1. The van der Waals surface area contributed by atoms with Crippen LogP contribution in [0.25, 0.3) is 0 Å². The highest BCUT2D eigenvalue weighted by Crippen LogP contribution is 2.23. The van der Waals surface area contributed by atoms with Crippen LogP contribution in [0.5, 0.6) is 0 Å². The first-order valence-electron chi connectivity index (χ1n) is 5.30. The maximum atomic E-state index is 11.7. The van der Waals surface area contributed by atoms with E-state index in [4.69, 9.17) is 5.90 Å². The molecule has 96 valence electrons. The molecule has 1 fully saturated rings. The molecule has 1 saturated heterocycles. The van der Waals surface area contributed by atoms with Crippen LogP contribution in [0.2, 0.25) is 0 Å². The van der Waals surface area contributed by atoms with Crippen molar-refractivity contribution in [1.82, 2.24) is 4.90 Å². The number of amides is 2. The van der Waals surface area contributed by atoms with Gasteiger partial charge in [-0.25, -0.2) is 5.90 Å². The normalized spacial score (nSPS) is 20.1. The Kier molecular flexibility index (Phi) is 5.60. The van der Waals surface area contributed by atoms with E-state index in [0.29, 0.717) is 13.0 Å². The number of hydrogen-bond acceptors (Lipinski definition) is 6. The van der Waals surface area contributed by atoms with E-state index in [9.17, 15) is 14.4 Å². The van der Waals surface area contributed by atoms with Gasteiger partial charge in [-0.1, -0.05) is 0 Å². The Morgan fingerprint density at radius 3 is 2.82 bits per heavy atom. The van der Waals surface area contributed by atoms with Gasteiger partial charge in [0.1, 0.15) is 6.61 Å². The zero-order valence-electron chi connectivity index (χ0n) is 9.68. The van der Waals surface area contributed by atoms with Gasteiger partial charge in [0.05, 0.1) is 5.25 Å². The van der Waals surface area contributed by atoms with Crippen molar-refractivity contribution < 1.29 is 19.2 Å². The molecule has 0 aromatic heterocycles. The molecule has 1 heterocycles. The molecule has 2 amide bonds. The summed E-state index contributed by atoms with van der Waals surface area (Å²) in [6, 6.07) is 0. The van der Waals surface area contributed by atoms with E-state index >= 15 is 0 Å². The molecule has 0 radical (unpaired) electrons. The van der Waals surface area contributed by atoms with Crippen LogP contribution >= 0.6 is 11.8 Å². The van der Waals surface area contributed by atoms with Crippen LogP contribution < -0.4 is 5.90 Å². The first-order valence-corrected chi connectivity index (χ1v) is 6.59. The quantitative estimate of drug-likeness (QED) is 0.500. The summed E-state index contributed by atoms with van der Waals surface area (Å²) in [7, 11) is 0. The van der Waals surface area contributed by atoms with Crippen molar-refractivity contribution in [3.8, 4) is 0 Å². The van der Waals surface area contributed by atoms with Gasteiger partial charge in [0.2, 0.25) is 11.8 Å². The van der Waals surface area contributed by atoms with Crippen molar-refractivity contribution >= 4 is 29.4 Å². The van der Waals surface area contributed by atoms with Crippen molar-refractivity contribution in [2.45, 2.75) is 24.5 Å². The van der Waals surface area contributed by atoms with Gasteiger partial charge < -0.3 is 0 Å². The SMILES string of the molecule is CSC1CC(=O)N(CCCC(=O)CON)C1=O. The molecule has 0 saturated carbocycles. The highest BCUT2D eigenvalue weighted by molar-refractivity contribution is 8.00. The van der Waals surface area contributed by atoms with Crippen LogP contribution in [0.15, 0.2) is 0 Å². The zero-order valence-corrected chi connectivity index (χ0v) is 10.5. The molecule has 1 rings (SSSR count). The van der Waals surface area contributed by atoms with Crippen LogP contribution in [0.1, 0.15) is 19.3 Å². The van der Waals surface area contributed by atoms with Crippen molar-refractivity contribution in [3.63, 3.8) is 0 Å². The second kappa shape index (κ2) is 6.73. The molecule has 17 heavy (non-hydrogen) atoms. The average molecular weight is 260 g/mol. The Morgan fingerprint density at radius 1 is 1.59 bits per heavy atom. The van der Waals surface area contributed by atoms with Crippen LogP contribution in [0.4, 0.5) is 0 Å². The number of rotatable bonds is 7. The van der Waals surface area contributed by atoms with Gasteiger partial charge in [-0.15, -0.1) is 0 Å². The highest BCUT2D eigenvalue weighted by Gasteiger charge is 2.37. The fourth-order valence-corrected chi connectivity index (χ4v) is 2.31. The first kappa shape index (κ1) is 14.1. The number of imide groups is 1. The Morgan fingerprint density at radius 2 is 2.29 bits per heavy atom. The van der Waals surface area contributed by atoms with Crippen LogP contribution in [-0.4, -0.2) is 47.2 Å². The lowest BCUT2D eigenvalue weighted by molar-refractivity contribution is -0.138. The summed E-state index contributed by atoms with van der Waals surface area (Å²) in [5, 5.41) is -0.259. The minimum atomic E-state index is -0.259. The van der Waals surface area contributed by atoms with Crippen LogP contribution in [0, 0.1) is 0 Å². The Labute approximate surface area is 104 Å². The molecule has 1 unspecified atom stereocenters. The number of Topliss-reactive ketones (excluding diaryl/α,β-unsaturated/α-hetero) is 1. The van der Waals surface area contributed by atoms with Gasteiger partial charge in [-0.2, -0.15) is 11.8 Å². The second-order valence-corrected chi connectivity index (χ2v) is 4.81. The lowest BCUT2D eigenvalue weighted by Crippen LogP contribution is -2.32. The lowest BCUT2D eigenvalue weighted by atomic mass is 10.2. The van der Waals surface area contributed by atoms with E-state index in [1.807, 2.05) is 6.26 Å². The van der Waals surface area contributed by atoms with Gasteiger partial charge in [-0.05, 0) is 12.7 Å². The number of likely N-dealkylation sites (tertiary alicyclic amines) is 1. The third-order valence-corrected chi connectivity index (χ3v) is 3.51. The maximum absolute atomic E-state index is 11.7. The van der Waals surface area contributed by atoms with E-state index in [2.05, 4.69) is 4.84 Å². The standard InChI is InChI=1S/C10H16N2O4S/c1-17-8-5-9(14)12(10(8)15)4-2-3-7(13)6-16-11/h8H,2-6,11H2,1H3. The summed E-state index contributed by atoms with van der Waals surface area (Å²) < 4.78 is 0. The number of carbonyl (C=O) groups excluding carboxylic acids is 3.